The van der Waals surface area contributed by atoms with Crippen LogP contribution in [0.5, 0.6) is 5.88 Å². The average Bonchev–Trinajstić information content (AvgIpc) is 3.09. The Bertz CT molecular complexity index is 1430. The summed E-state index contributed by atoms with van der Waals surface area (Å²) >= 11 is 3.52. The summed E-state index contributed by atoms with van der Waals surface area (Å²) in [5, 5.41) is 20.6. The van der Waals surface area contributed by atoms with Crippen LogP contribution in [0.2, 0.25) is 0 Å². The Labute approximate surface area is 180 Å². The number of azo groups is 1. The first-order valence-corrected chi connectivity index (χ1v) is 10.1. The normalized spacial score (nSPS) is 11.7. The van der Waals surface area contributed by atoms with Crippen LogP contribution in [0.1, 0.15) is 5.56 Å². The van der Waals surface area contributed by atoms with Crippen LogP contribution in [0, 0.1) is 6.92 Å². The van der Waals surface area contributed by atoms with E-state index in [1.807, 2.05) is 73.7 Å². The van der Waals surface area contributed by atoms with E-state index < -0.39 is 0 Å². The Balaban J connectivity index is 1.67. The average molecular weight is 458 g/mol. The summed E-state index contributed by atoms with van der Waals surface area (Å²) in [6.07, 6.45) is 0. The zero-order chi connectivity index (χ0) is 20.7. The highest BCUT2D eigenvalue weighted by Crippen LogP contribution is 2.37. The molecule has 0 atom stereocenters. The fourth-order valence-corrected chi connectivity index (χ4v) is 3.84. The molecule has 0 aliphatic carbocycles. The van der Waals surface area contributed by atoms with E-state index in [0.717, 1.165) is 43.1 Å². The van der Waals surface area contributed by atoms with Crippen molar-refractivity contribution in [2.75, 3.05) is 0 Å². The summed E-state index contributed by atoms with van der Waals surface area (Å²) in [4.78, 5) is 12.2. The lowest BCUT2D eigenvalue weighted by molar-refractivity contribution is 0.459. The van der Waals surface area contributed by atoms with E-state index in [9.17, 15) is 5.11 Å². The van der Waals surface area contributed by atoms with Gasteiger partial charge in [-0.15, -0.1) is 10.2 Å². The molecule has 0 aliphatic rings. The van der Waals surface area contributed by atoms with Crippen molar-refractivity contribution in [1.82, 2.24) is 15.0 Å². The number of halogens is 1. The standard InChI is InChI=1S/C23H16BrN5O/c1-13-6-5-9-16-19(13)26-22(30)21(16)28-29-23-25-18-11-10-15(24)12-17(18)20(27-23)14-7-3-2-4-8-14/h2-12,26,30H,1H3. The van der Waals surface area contributed by atoms with E-state index in [4.69, 9.17) is 0 Å². The second-order valence-electron chi connectivity index (χ2n) is 6.92. The Morgan fingerprint density at radius 2 is 1.73 bits per heavy atom. The molecular formula is C23H16BrN5O. The first kappa shape index (κ1) is 18.4. The van der Waals surface area contributed by atoms with E-state index in [2.05, 4.69) is 41.1 Å². The Hall–Kier alpha value is -3.58. The van der Waals surface area contributed by atoms with Crippen molar-refractivity contribution >= 4 is 49.4 Å². The molecule has 0 spiro atoms. The van der Waals surface area contributed by atoms with Gasteiger partial charge in [0.05, 0.1) is 16.7 Å². The highest BCUT2D eigenvalue weighted by Gasteiger charge is 2.13. The number of hydrogen-bond acceptors (Lipinski definition) is 5. The molecule has 0 unspecified atom stereocenters. The Morgan fingerprint density at radius 3 is 2.57 bits per heavy atom. The molecule has 7 heteroatoms. The van der Waals surface area contributed by atoms with Gasteiger partial charge in [-0.2, -0.15) is 0 Å². The van der Waals surface area contributed by atoms with Crippen molar-refractivity contribution in [3.63, 3.8) is 0 Å². The van der Waals surface area contributed by atoms with Crippen molar-refractivity contribution in [2.45, 2.75) is 6.92 Å². The molecule has 3 aromatic carbocycles. The van der Waals surface area contributed by atoms with Crippen LogP contribution in [-0.2, 0) is 0 Å². The number of para-hydroxylation sites is 1. The lowest BCUT2D eigenvalue weighted by Crippen LogP contribution is -1.90. The van der Waals surface area contributed by atoms with E-state index in [-0.39, 0.29) is 11.8 Å². The fraction of sp³-hybridized carbons (Fsp3) is 0.0435. The number of hydrogen-bond donors (Lipinski definition) is 2. The van der Waals surface area contributed by atoms with Gasteiger partial charge in [0.25, 0.3) is 5.95 Å². The highest BCUT2D eigenvalue weighted by atomic mass is 79.9. The number of aromatic nitrogens is 3. The van der Waals surface area contributed by atoms with Gasteiger partial charge in [0.2, 0.25) is 5.88 Å². The third-order valence-electron chi connectivity index (χ3n) is 4.93. The number of H-pyrrole nitrogens is 1. The molecular weight excluding hydrogens is 442 g/mol. The van der Waals surface area contributed by atoms with Crippen LogP contribution in [-0.4, -0.2) is 20.1 Å². The second-order valence-corrected chi connectivity index (χ2v) is 7.84. The topological polar surface area (TPSA) is 86.5 Å². The van der Waals surface area contributed by atoms with Gasteiger partial charge >= 0.3 is 0 Å². The van der Waals surface area contributed by atoms with Gasteiger partial charge in [-0.05, 0) is 30.7 Å². The van der Waals surface area contributed by atoms with Crippen LogP contribution in [0.3, 0.4) is 0 Å². The predicted octanol–water partition coefficient (Wildman–Crippen LogP) is 6.97. The molecule has 0 radical (unpaired) electrons. The van der Waals surface area contributed by atoms with Gasteiger partial charge in [0.15, 0.2) is 5.69 Å². The predicted molar refractivity (Wildman–Crippen MR) is 122 cm³/mol. The second kappa shape index (κ2) is 7.35. The summed E-state index contributed by atoms with van der Waals surface area (Å²) < 4.78 is 0.948. The molecule has 0 fully saturated rings. The monoisotopic (exact) mass is 457 g/mol. The lowest BCUT2D eigenvalue weighted by Gasteiger charge is -2.07. The SMILES string of the molecule is Cc1cccc2c(N=Nc3nc(-c4ccccc4)c4cc(Br)ccc4n3)c(O)[nH]c12. The minimum absolute atomic E-state index is 0.0314. The molecule has 5 aromatic rings. The molecule has 0 aliphatic heterocycles. The van der Waals surface area contributed by atoms with Crippen molar-refractivity contribution in [1.29, 1.82) is 0 Å². The molecule has 146 valence electrons. The van der Waals surface area contributed by atoms with Gasteiger partial charge < -0.3 is 10.1 Å². The molecule has 2 heterocycles. The number of rotatable bonds is 3. The minimum atomic E-state index is -0.0314. The molecule has 0 bridgehead atoms. The minimum Gasteiger partial charge on any atom is -0.493 e. The Morgan fingerprint density at radius 1 is 0.900 bits per heavy atom. The maximum atomic E-state index is 10.3. The largest absolute Gasteiger partial charge is 0.493 e. The quantitative estimate of drug-likeness (QED) is 0.286. The van der Waals surface area contributed by atoms with Crippen molar-refractivity contribution in [3.05, 3.63) is 76.8 Å². The van der Waals surface area contributed by atoms with Crippen LogP contribution in [0.15, 0.2) is 81.4 Å². The van der Waals surface area contributed by atoms with E-state index in [1.165, 1.54) is 0 Å². The molecule has 30 heavy (non-hydrogen) atoms. The number of nitrogens with zero attached hydrogens (tertiary/aromatic N) is 4. The molecule has 5 rings (SSSR count). The Kier molecular flexibility index (Phi) is 4.52. The third-order valence-corrected chi connectivity index (χ3v) is 5.42. The first-order valence-electron chi connectivity index (χ1n) is 9.35. The summed E-state index contributed by atoms with van der Waals surface area (Å²) in [5.74, 6) is 0.195. The summed E-state index contributed by atoms with van der Waals surface area (Å²) in [5.41, 5.74) is 4.72. The molecule has 0 amide bonds. The van der Waals surface area contributed by atoms with Gasteiger partial charge in [-0.25, -0.2) is 9.97 Å². The smallest absolute Gasteiger partial charge is 0.270 e. The number of fused-ring (bicyclic) bond motifs is 2. The van der Waals surface area contributed by atoms with Crippen molar-refractivity contribution < 1.29 is 5.11 Å². The zero-order valence-corrected chi connectivity index (χ0v) is 17.6. The highest BCUT2D eigenvalue weighted by molar-refractivity contribution is 9.10. The molecule has 0 saturated carbocycles. The number of benzene rings is 3. The fourth-order valence-electron chi connectivity index (χ4n) is 3.48. The van der Waals surface area contributed by atoms with Crippen molar-refractivity contribution in [3.8, 4) is 17.1 Å². The maximum Gasteiger partial charge on any atom is 0.270 e. The van der Waals surface area contributed by atoms with Crippen LogP contribution in [0.4, 0.5) is 11.6 Å². The van der Waals surface area contributed by atoms with Gasteiger partial charge in [0.1, 0.15) is 0 Å². The molecule has 2 N–H and O–H groups in total. The van der Waals surface area contributed by atoms with E-state index >= 15 is 0 Å². The molecule has 2 aromatic heterocycles. The third kappa shape index (κ3) is 3.23. The number of aromatic hydroxyl groups is 1. The summed E-state index contributed by atoms with van der Waals surface area (Å²) in [6.45, 7) is 1.97. The number of aromatic amines is 1. The van der Waals surface area contributed by atoms with Gasteiger partial charge in [-0.1, -0.05) is 64.5 Å². The van der Waals surface area contributed by atoms with E-state index in [1.54, 1.807) is 0 Å². The summed E-state index contributed by atoms with van der Waals surface area (Å²) in [7, 11) is 0. The van der Waals surface area contributed by atoms with Gasteiger partial charge in [0, 0.05) is 20.8 Å². The first-order chi connectivity index (χ1) is 14.6. The molecule has 6 nitrogen and oxygen atoms in total. The van der Waals surface area contributed by atoms with Crippen LogP contribution < -0.4 is 0 Å². The number of aryl methyl sites for hydroxylation is 1. The van der Waals surface area contributed by atoms with Crippen molar-refractivity contribution in [2.24, 2.45) is 10.2 Å². The van der Waals surface area contributed by atoms with Crippen LogP contribution in [0.25, 0.3) is 33.1 Å². The zero-order valence-electron chi connectivity index (χ0n) is 16.0. The van der Waals surface area contributed by atoms with Crippen LogP contribution >= 0.6 is 15.9 Å². The van der Waals surface area contributed by atoms with Gasteiger partial charge in [-0.3, -0.25) is 0 Å². The van der Waals surface area contributed by atoms with E-state index in [0.29, 0.717) is 5.69 Å². The summed E-state index contributed by atoms with van der Waals surface area (Å²) in [6, 6.07) is 21.5. The lowest BCUT2D eigenvalue weighted by atomic mass is 10.1. The number of nitrogens with one attached hydrogen (secondary N) is 1. The molecule has 0 saturated heterocycles. The maximum absolute atomic E-state index is 10.3.